The SMILES string of the molecule is NS(=O)(=O)Nc1cc(S(N)(=O)=O)ccc1F. The molecule has 0 amide bonds. The first-order chi connectivity index (χ1) is 7.09. The molecule has 0 aliphatic carbocycles. The van der Waals surface area contributed by atoms with E-state index < -0.39 is 36.6 Å². The zero-order chi connectivity index (χ0) is 12.6. The first-order valence-electron chi connectivity index (χ1n) is 3.72. The van der Waals surface area contributed by atoms with E-state index in [1.807, 2.05) is 0 Å². The van der Waals surface area contributed by atoms with Gasteiger partial charge in [0, 0.05) is 0 Å². The molecule has 0 radical (unpaired) electrons. The molecule has 0 unspecified atom stereocenters. The Morgan fingerprint density at radius 2 is 1.69 bits per heavy atom. The predicted octanol–water partition coefficient (Wildman–Crippen LogP) is -0.911. The van der Waals surface area contributed by atoms with Crippen LogP contribution in [-0.2, 0) is 20.2 Å². The van der Waals surface area contributed by atoms with Gasteiger partial charge in [0.2, 0.25) is 10.0 Å². The second-order valence-corrected chi connectivity index (χ2v) is 5.69. The van der Waals surface area contributed by atoms with Crippen LogP contribution in [0, 0.1) is 5.82 Å². The van der Waals surface area contributed by atoms with E-state index in [0.29, 0.717) is 0 Å². The van der Waals surface area contributed by atoms with E-state index in [1.54, 1.807) is 4.72 Å². The third-order valence-electron chi connectivity index (χ3n) is 1.52. The molecule has 0 aliphatic heterocycles. The van der Waals surface area contributed by atoms with Crippen molar-refractivity contribution in [3.8, 4) is 0 Å². The van der Waals surface area contributed by atoms with Crippen molar-refractivity contribution in [3.63, 3.8) is 0 Å². The van der Waals surface area contributed by atoms with Crippen molar-refractivity contribution in [1.82, 2.24) is 0 Å². The standard InChI is InChI=1S/C6H8FN3O4S2/c7-5-2-1-4(15(8,11)12)3-6(5)10-16(9,13)14/h1-3,10H,(H2,8,11,12)(H2,9,13,14). The summed E-state index contributed by atoms with van der Waals surface area (Å²) in [6.45, 7) is 0. The highest BCUT2D eigenvalue weighted by atomic mass is 32.2. The van der Waals surface area contributed by atoms with E-state index >= 15 is 0 Å². The predicted molar refractivity (Wildman–Crippen MR) is 54.5 cm³/mol. The largest absolute Gasteiger partial charge is 0.296 e. The zero-order valence-electron chi connectivity index (χ0n) is 7.71. The number of hydrogen-bond acceptors (Lipinski definition) is 4. The monoisotopic (exact) mass is 269 g/mol. The maximum absolute atomic E-state index is 13.1. The Morgan fingerprint density at radius 1 is 1.12 bits per heavy atom. The molecular weight excluding hydrogens is 261 g/mol. The maximum Gasteiger partial charge on any atom is 0.296 e. The lowest BCUT2D eigenvalue weighted by Crippen LogP contribution is -2.23. The third-order valence-corrected chi connectivity index (χ3v) is 2.93. The molecule has 0 aliphatic rings. The van der Waals surface area contributed by atoms with Crippen molar-refractivity contribution in [3.05, 3.63) is 24.0 Å². The summed E-state index contributed by atoms with van der Waals surface area (Å²) in [5.41, 5.74) is -0.589. The van der Waals surface area contributed by atoms with Gasteiger partial charge in [0.25, 0.3) is 10.2 Å². The van der Waals surface area contributed by atoms with E-state index in [1.165, 1.54) is 0 Å². The van der Waals surface area contributed by atoms with Gasteiger partial charge in [-0.25, -0.2) is 23.1 Å². The van der Waals surface area contributed by atoms with Crippen molar-refractivity contribution in [2.45, 2.75) is 4.90 Å². The molecule has 0 saturated carbocycles. The molecular formula is C6H8FN3O4S2. The van der Waals surface area contributed by atoms with E-state index in [0.717, 1.165) is 18.2 Å². The fourth-order valence-electron chi connectivity index (χ4n) is 0.913. The molecule has 5 N–H and O–H groups in total. The quantitative estimate of drug-likeness (QED) is 0.655. The van der Waals surface area contributed by atoms with Gasteiger partial charge < -0.3 is 0 Å². The molecule has 0 atom stereocenters. The number of primary sulfonamides is 1. The molecule has 0 bridgehead atoms. The summed E-state index contributed by atoms with van der Waals surface area (Å²) in [7, 11) is -8.23. The summed E-state index contributed by atoms with van der Waals surface area (Å²) in [6, 6.07) is 2.39. The molecule has 1 aromatic rings. The van der Waals surface area contributed by atoms with Gasteiger partial charge in [-0.15, -0.1) is 0 Å². The minimum atomic E-state index is -4.19. The molecule has 0 aromatic heterocycles. The van der Waals surface area contributed by atoms with E-state index in [-0.39, 0.29) is 0 Å². The van der Waals surface area contributed by atoms with Crippen LogP contribution in [-0.4, -0.2) is 16.8 Å². The molecule has 0 spiro atoms. The molecule has 1 aromatic carbocycles. The number of nitrogens with one attached hydrogen (secondary N) is 1. The van der Waals surface area contributed by atoms with Crippen LogP contribution in [0.15, 0.2) is 23.1 Å². The molecule has 0 saturated heterocycles. The highest BCUT2D eigenvalue weighted by Gasteiger charge is 2.13. The average molecular weight is 269 g/mol. The van der Waals surface area contributed by atoms with Gasteiger partial charge in [0.1, 0.15) is 5.82 Å². The fourth-order valence-corrected chi connectivity index (χ4v) is 1.92. The number of rotatable bonds is 3. The van der Waals surface area contributed by atoms with Crippen LogP contribution >= 0.6 is 0 Å². The zero-order valence-corrected chi connectivity index (χ0v) is 9.35. The summed E-state index contributed by atoms with van der Waals surface area (Å²) in [4.78, 5) is -0.431. The van der Waals surface area contributed by atoms with Gasteiger partial charge in [-0.05, 0) is 18.2 Å². The number of halogens is 1. The minimum Gasteiger partial charge on any atom is -0.268 e. The molecule has 1 rings (SSSR count). The smallest absolute Gasteiger partial charge is 0.268 e. The Labute approximate surface area is 91.5 Å². The van der Waals surface area contributed by atoms with Gasteiger partial charge in [0.05, 0.1) is 10.6 Å². The van der Waals surface area contributed by atoms with Crippen molar-refractivity contribution in [2.24, 2.45) is 10.3 Å². The molecule has 0 fully saturated rings. The lowest BCUT2D eigenvalue weighted by Gasteiger charge is -2.06. The summed E-state index contributed by atoms with van der Waals surface area (Å²) in [5.74, 6) is -0.971. The van der Waals surface area contributed by atoms with Crippen molar-refractivity contribution < 1.29 is 21.2 Å². The summed E-state index contributed by atoms with van der Waals surface area (Å²) in [6.07, 6.45) is 0. The van der Waals surface area contributed by atoms with Crippen LogP contribution in [0.2, 0.25) is 0 Å². The summed E-state index contributed by atoms with van der Waals surface area (Å²) in [5, 5.41) is 9.39. The van der Waals surface area contributed by atoms with Gasteiger partial charge in [-0.3, -0.25) is 4.72 Å². The number of hydrogen-bond donors (Lipinski definition) is 3. The van der Waals surface area contributed by atoms with Crippen molar-refractivity contribution >= 4 is 25.9 Å². The highest BCUT2D eigenvalue weighted by Crippen LogP contribution is 2.19. The molecule has 16 heavy (non-hydrogen) atoms. The van der Waals surface area contributed by atoms with Gasteiger partial charge >= 0.3 is 0 Å². The molecule has 10 heteroatoms. The van der Waals surface area contributed by atoms with Crippen LogP contribution in [0.1, 0.15) is 0 Å². The Balaban J connectivity index is 3.31. The molecule has 90 valence electrons. The highest BCUT2D eigenvalue weighted by molar-refractivity contribution is 7.90. The van der Waals surface area contributed by atoms with Gasteiger partial charge in [-0.2, -0.15) is 8.42 Å². The topological polar surface area (TPSA) is 132 Å². The van der Waals surface area contributed by atoms with Crippen LogP contribution < -0.4 is 15.0 Å². The lowest BCUT2D eigenvalue weighted by molar-refractivity contribution is 0.594. The number of nitrogens with two attached hydrogens (primary N) is 2. The maximum atomic E-state index is 13.1. The minimum absolute atomic E-state index is 0.431. The Kier molecular flexibility index (Phi) is 3.19. The van der Waals surface area contributed by atoms with Gasteiger partial charge in [-0.1, -0.05) is 0 Å². The number of anilines is 1. The summed E-state index contributed by atoms with van der Waals surface area (Å²) >= 11 is 0. The van der Waals surface area contributed by atoms with Crippen molar-refractivity contribution in [2.75, 3.05) is 4.72 Å². The van der Waals surface area contributed by atoms with Crippen LogP contribution in [0.3, 0.4) is 0 Å². The Bertz CT molecular complexity index is 611. The fraction of sp³-hybridized carbons (Fsp3) is 0. The Morgan fingerprint density at radius 3 is 2.12 bits per heavy atom. The van der Waals surface area contributed by atoms with Crippen molar-refractivity contribution in [1.29, 1.82) is 0 Å². The summed E-state index contributed by atoms with van der Waals surface area (Å²) < 4.78 is 57.8. The number of benzene rings is 1. The van der Waals surface area contributed by atoms with E-state index in [4.69, 9.17) is 5.14 Å². The second-order valence-electron chi connectivity index (χ2n) is 2.83. The van der Waals surface area contributed by atoms with Gasteiger partial charge in [0.15, 0.2) is 0 Å². The van der Waals surface area contributed by atoms with E-state index in [2.05, 4.69) is 5.14 Å². The first kappa shape index (κ1) is 12.8. The van der Waals surface area contributed by atoms with E-state index in [9.17, 15) is 21.2 Å². The first-order valence-corrected chi connectivity index (χ1v) is 6.82. The Hall–Kier alpha value is -1.23. The molecule has 7 nitrogen and oxygen atoms in total. The van der Waals surface area contributed by atoms with Crippen LogP contribution in [0.25, 0.3) is 0 Å². The second kappa shape index (κ2) is 3.97. The average Bonchev–Trinajstić information content (AvgIpc) is 2.04. The van der Waals surface area contributed by atoms with Crippen LogP contribution in [0.4, 0.5) is 10.1 Å². The lowest BCUT2D eigenvalue weighted by atomic mass is 10.3. The van der Waals surface area contributed by atoms with Crippen LogP contribution in [0.5, 0.6) is 0 Å². The number of sulfonamides is 1. The third kappa shape index (κ3) is 3.41. The molecule has 0 heterocycles. The normalized spacial score (nSPS) is 12.4.